The van der Waals surface area contributed by atoms with E-state index in [4.69, 9.17) is 5.73 Å². The number of anilines is 1. The molecule has 2 rings (SSSR count). The highest BCUT2D eigenvalue weighted by atomic mass is 79.9. The molecule has 1 heterocycles. The predicted molar refractivity (Wildman–Crippen MR) is 90.1 cm³/mol. The van der Waals surface area contributed by atoms with E-state index in [0.717, 1.165) is 16.6 Å². The normalized spacial score (nSPS) is 18.8. The molecule has 1 unspecified atom stereocenters. The standard InChI is InChI=1S/C14H22BrN3O2S/c1-11(16)9-12-3-4-14(13(15)10-12)17-5-7-18(8-6-17)21(2,19)20/h3-4,10-11H,5-9,16H2,1-2H3. The predicted octanol–water partition coefficient (Wildman–Crippen LogP) is 1.42. The second kappa shape index (κ2) is 6.64. The van der Waals surface area contributed by atoms with Crippen molar-refractivity contribution < 1.29 is 8.42 Å². The van der Waals surface area contributed by atoms with Crippen molar-refractivity contribution in [3.63, 3.8) is 0 Å². The molecule has 2 N–H and O–H groups in total. The molecule has 118 valence electrons. The summed E-state index contributed by atoms with van der Waals surface area (Å²) in [6, 6.07) is 6.41. The van der Waals surface area contributed by atoms with E-state index in [9.17, 15) is 8.42 Å². The lowest BCUT2D eigenvalue weighted by Crippen LogP contribution is -2.48. The number of halogens is 1. The largest absolute Gasteiger partial charge is 0.368 e. The van der Waals surface area contributed by atoms with E-state index in [1.54, 1.807) is 0 Å². The van der Waals surface area contributed by atoms with Gasteiger partial charge in [-0.25, -0.2) is 8.42 Å². The highest BCUT2D eigenvalue weighted by molar-refractivity contribution is 9.10. The maximum absolute atomic E-state index is 11.5. The van der Waals surface area contributed by atoms with Crippen LogP contribution in [0.15, 0.2) is 22.7 Å². The molecule has 1 aromatic carbocycles. The van der Waals surface area contributed by atoms with E-state index < -0.39 is 10.0 Å². The number of hydrogen-bond donors (Lipinski definition) is 1. The molecule has 1 atom stereocenters. The highest BCUT2D eigenvalue weighted by Gasteiger charge is 2.24. The Hall–Kier alpha value is -0.630. The third-order valence-electron chi connectivity index (χ3n) is 3.62. The number of piperazine rings is 1. The zero-order chi connectivity index (χ0) is 15.6. The third-order valence-corrected chi connectivity index (χ3v) is 5.56. The Morgan fingerprint density at radius 3 is 2.38 bits per heavy atom. The van der Waals surface area contributed by atoms with Gasteiger partial charge in [-0.15, -0.1) is 0 Å². The van der Waals surface area contributed by atoms with Crippen LogP contribution in [0.3, 0.4) is 0 Å². The quantitative estimate of drug-likeness (QED) is 0.863. The fraction of sp³-hybridized carbons (Fsp3) is 0.571. The molecular formula is C14H22BrN3O2S. The molecule has 7 heteroatoms. The van der Waals surface area contributed by atoms with Crippen LogP contribution in [0.2, 0.25) is 0 Å². The minimum atomic E-state index is -3.08. The molecule has 0 aromatic heterocycles. The van der Waals surface area contributed by atoms with Crippen LogP contribution in [0.5, 0.6) is 0 Å². The summed E-state index contributed by atoms with van der Waals surface area (Å²) in [6.07, 6.45) is 2.11. The topological polar surface area (TPSA) is 66.6 Å². The van der Waals surface area contributed by atoms with Gasteiger partial charge in [0, 0.05) is 36.7 Å². The van der Waals surface area contributed by atoms with Crippen molar-refractivity contribution in [3.8, 4) is 0 Å². The summed E-state index contributed by atoms with van der Waals surface area (Å²) < 4.78 is 25.6. The second-order valence-electron chi connectivity index (χ2n) is 5.62. The molecule has 1 aromatic rings. The van der Waals surface area contributed by atoms with Crippen LogP contribution in [0.1, 0.15) is 12.5 Å². The van der Waals surface area contributed by atoms with Crippen molar-refractivity contribution in [3.05, 3.63) is 28.2 Å². The first-order valence-corrected chi connectivity index (χ1v) is 9.65. The highest BCUT2D eigenvalue weighted by Crippen LogP contribution is 2.28. The van der Waals surface area contributed by atoms with Crippen molar-refractivity contribution in [2.75, 3.05) is 37.3 Å². The van der Waals surface area contributed by atoms with Gasteiger partial charge in [0.1, 0.15) is 0 Å². The number of hydrogen-bond acceptors (Lipinski definition) is 4. The average Bonchev–Trinajstić information content (AvgIpc) is 2.37. The Kier molecular flexibility index (Phi) is 5.29. The summed E-state index contributed by atoms with van der Waals surface area (Å²) in [5, 5.41) is 0. The van der Waals surface area contributed by atoms with Crippen molar-refractivity contribution in [2.45, 2.75) is 19.4 Å². The van der Waals surface area contributed by atoms with Crippen LogP contribution < -0.4 is 10.6 Å². The van der Waals surface area contributed by atoms with Gasteiger partial charge in [-0.2, -0.15) is 4.31 Å². The van der Waals surface area contributed by atoms with Gasteiger partial charge < -0.3 is 10.6 Å². The smallest absolute Gasteiger partial charge is 0.211 e. The maximum atomic E-state index is 11.5. The molecule has 5 nitrogen and oxygen atoms in total. The van der Waals surface area contributed by atoms with Crippen LogP contribution in [0, 0.1) is 0 Å². The fourth-order valence-corrected chi connectivity index (χ4v) is 4.07. The van der Waals surface area contributed by atoms with E-state index in [0.29, 0.717) is 26.2 Å². The van der Waals surface area contributed by atoms with Crippen molar-refractivity contribution in [2.24, 2.45) is 5.73 Å². The summed E-state index contributed by atoms with van der Waals surface area (Å²) in [5.74, 6) is 0. The monoisotopic (exact) mass is 375 g/mol. The van der Waals surface area contributed by atoms with Crippen LogP contribution in [-0.2, 0) is 16.4 Å². The van der Waals surface area contributed by atoms with Gasteiger partial charge in [0.05, 0.1) is 11.9 Å². The first-order chi connectivity index (χ1) is 9.77. The molecule has 0 amide bonds. The van der Waals surface area contributed by atoms with Crippen LogP contribution in [0.25, 0.3) is 0 Å². The number of nitrogens with zero attached hydrogens (tertiary/aromatic N) is 2. The molecule has 1 aliphatic heterocycles. The third kappa shape index (κ3) is 4.42. The summed E-state index contributed by atoms with van der Waals surface area (Å²) in [4.78, 5) is 2.21. The van der Waals surface area contributed by atoms with Gasteiger partial charge in [-0.05, 0) is 47.0 Å². The van der Waals surface area contributed by atoms with E-state index in [1.165, 1.54) is 16.1 Å². The average molecular weight is 376 g/mol. The molecule has 0 radical (unpaired) electrons. The first-order valence-electron chi connectivity index (χ1n) is 7.01. The molecular weight excluding hydrogens is 354 g/mol. The van der Waals surface area contributed by atoms with Gasteiger partial charge in [0.2, 0.25) is 10.0 Å². The zero-order valence-electron chi connectivity index (χ0n) is 12.4. The lowest BCUT2D eigenvalue weighted by atomic mass is 10.1. The van der Waals surface area contributed by atoms with Crippen molar-refractivity contribution >= 4 is 31.6 Å². The molecule has 21 heavy (non-hydrogen) atoms. The fourth-order valence-electron chi connectivity index (χ4n) is 2.57. The SMILES string of the molecule is CC(N)Cc1ccc(N2CCN(S(C)(=O)=O)CC2)c(Br)c1. The summed E-state index contributed by atoms with van der Waals surface area (Å²) in [6.45, 7) is 4.47. The van der Waals surface area contributed by atoms with Gasteiger partial charge >= 0.3 is 0 Å². The molecule has 1 fully saturated rings. The van der Waals surface area contributed by atoms with E-state index in [-0.39, 0.29) is 6.04 Å². The lowest BCUT2D eigenvalue weighted by molar-refractivity contribution is 0.388. The number of benzene rings is 1. The maximum Gasteiger partial charge on any atom is 0.211 e. The second-order valence-corrected chi connectivity index (χ2v) is 8.45. The summed E-state index contributed by atoms with van der Waals surface area (Å²) >= 11 is 3.61. The summed E-state index contributed by atoms with van der Waals surface area (Å²) in [5.41, 5.74) is 8.14. The Bertz CT molecular complexity index is 596. The molecule has 0 aliphatic carbocycles. The Morgan fingerprint density at radius 1 is 1.29 bits per heavy atom. The number of nitrogens with two attached hydrogens (primary N) is 1. The Labute approximate surface area is 135 Å². The van der Waals surface area contributed by atoms with E-state index in [1.807, 2.05) is 6.92 Å². The minimum Gasteiger partial charge on any atom is -0.368 e. The minimum absolute atomic E-state index is 0.140. The van der Waals surface area contributed by atoms with Gasteiger partial charge in [0.25, 0.3) is 0 Å². The molecule has 0 spiro atoms. The molecule has 0 saturated carbocycles. The van der Waals surface area contributed by atoms with Crippen LogP contribution in [-0.4, -0.2) is 51.2 Å². The Morgan fingerprint density at radius 2 is 1.90 bits per heavy atom. The van der Waals surface area contributed by atoms with Crippen LogP contribution >= 0.6 is 15.9 Å². The van der Waals surface area contributed by atoms with Gasteiger partial charge in [-0.1, -0.05) is 6.07 Å². The van der Waals surface area contributed by atoms with Gasteiger partial charge in [0.15, 0.2) is 0 Å². The summed E-state index contributed by atoms with van der Waals surface area (Å²) in [7, 11) is -3.08. The van der Waals surface area contributed by atoms with Crippen LogP contribution in [0.4, 0.5) is 5.69 Å². The van der Waals surface area contributed by atoms with E-state index >= 15 is 0 Å². The molecule has 0 bridgehead atoms. The van der Waals surface area contributed by atoms with Crippen molar-refractivity contribution in [1.29, 1.82) is 0 Å². The lowest BCUT2D eigenvalue weighted by Gasteiger charge is -2.35. The number of sulfonamides is 1. The Balaban J connectivity index is 2.07. The van der Waals surface area contributed by atoms with Gasteiger partial charge in [-0.3, -0.25) is 0 Å². The first kappa shape index (κ1) is 16.7. The van der Waals surface area contributed by atoms with Crippen molar-refractivity contribution in [1.82, 2.24) is 4.31 Å². The zero-order valence-corrected chi connectivity index (χ0v) is 14.8. The molecule has 1 aliphatic rings. The van der Waals surface area contributed by atoms with E-state index in [2.05, 4.69) is 39.0 Å². The number of rotatable bonds is 4. The molecule has 1 saturated heterocycles.